The first-order valence-corrected chi connectivity index (χ1v) is 9.30. The minimum absolute atomic E-state index is 0.0733. The lowest BCUT2D eigenvalue weighted by atomic mass is 10.1. The molecule has 0 N–H and O–H groups in total. The van der Waals surface area contributed by atoms with Crippen LogP contribution in [0.4, 0.5) is 0 Å². The highest BCUT2D eigenvalue weighted by Gasteiger charge is 2.35. The number of hydrogen-bond donors (Lipinski definition) is 0. The highest BCUT2D eigenvalue weighted by Crippen LogP contribution is 2.36. The number of fused-ring (bicyclic) bond motifs is 1. The predicted octanol–water partition coefficient (Wildman–Crippen LogP) is 3.75. The molecule has 28 heavy (non-hydrogen) atoms. The third-order valence-electron chi connectivity index (χ3n) is 5.17. The van der Waals surface area contributed by atoms with Crippen molar-refractivity contribution in [2.75, 3.05) is 13.3 Å². The second-order valence-electron chi connectivity index (χ2n) is 7.05. The largest absolute Gasteiger partial charge is 0.454 e. The van der Waals surface area contributed by atoms with Crippen molar-refractivity contribution in [2.24, 2.45) is 0 Å². The molecule has 0 spiro atoms. The molecule has 1 saturated heterocycles. The van der Waals surface area contributed by atoms with Gasteiger partial charge in [0.05, 0.1) is 0 Å². The fraction of sp³-hybridized carbons (Fsp3) is 0.286. The fourth-order valence-corrected chi connectivity index (χ4v) is 3.65. The van der Waals surface area contributed by atoms with Crippen LogP contribution >= 0.6 is 0 Å². The maximum atomic E-state index is 13.1. The molecule has 0 bridgehead atoms. The van der Waals surface area contributed by atoms with Gasteiger partial charge in [0.1, 0.15) is 6.04 Å². The van der Waals surface area contributed by atoms with Gasteiger partial charge >= 0.3 is 0 Å². The van der Waals surface area contributed by atoms with Crippen LogP contribution in [0.15, 0.2) is 47.0 Å². The second kappa shape index (κ2) is 6.67. The Hall–Kier alpha value is -3.35. The van der Waals surface area contributed by atoms with Crippen molar-refractivity contribution in [3.05, 3.63) is 59.5 Å². The lowest BCUT2D eigenvalue weighted by Gasteiger charge is -2.22. The molecule has 7 nitrogen and oxygen atoms in total. The van der Waals surface area contributed by atoms with Gasteiger partial charge in [-0.05, 0) is 38.0 Å². The van der Waals surface area contributed by atoms with Crippen molar-refractivity contribution in [3.63, 3.8) is 0 Å². The lowest BCUT2D eigenvalue weighted by molar-refractivity contribution is 0.0709. The van der Waals surface area contributed by atoms with Crippen molar-refractivity contribution >= 4 is 5.91 Å². The number of likely N-dealkylation sites (tertiary alicyclic amines) is 1. The Kier molecular flexibility index (Phi) is 4.00. The van der Waals surface area contributed by atoms with Crippen LogP contribution in [0.25, 0.3) is 11.4 Å². The number of nitrogens with zero attached hydrogens (tertiary/aromatic N) is 3. The summed E-state index contributed by atoms with van der Waals surface area (Å²) >= 11 is 0. The maximum Gasteiger partial charge on any atom is 0.254 e. The van der Waals surface area contributed by atoms with E-state index >= 15 is 0 Å². The monoisotopic (exact) mass is 377 g/mol. The van der Waals surface area contributed by atoms with E-state index in [1.54, 1.807) is 23.1 Å². The van der Waals surface area contributed by atoms with Crippen LogP contribution in [0.5, 0.6) is 11.5 Å². The smallest absolute Gasteiger partial charge is 0.254 e. The molecule has 1 amide bonds. The number of benzene rings is 2. The molecule has 0 saturated carbocycles. The van der Waals surface area contributed by atoms with Crippen LogP contribution in [0.3, 0.4) is 0 Å². The van der Waals surface area contributed by atoms with E-state index in [2.05, 4.69) is 10.1 Å². The standard InChI is InChI=1S/C21H19N3O4/c1-13-4-6-14(7-5-13)19-22-20(28-23-19)16-3-2-10-24(16)21(25)15-8-9-17-18(11-15)27-12-26-17/h4-9,11,16H,2-3,10,12H2,1H3. The molecule has 0 aliphatic carbocycles. The van der Waals surface area contributed by atoms with E-state index in [4.69, 9.17) is 14.0 Å². The predicted molar refractivity (Wildman–Crippen MR) is 100 cm³/mol. The molecule has 7 heteroatoms. The van der Waals surface area contributed by atoms with Crippen LogP contribution < -0.4 is 9.47 Å². The Morgan fingerprint density at radius 2 is 1.93 bits per heavy atom. The quantitative estimate of drug-likeness (QED) is 0.692. The zero-order chi connectivity index (χ0) is 19.1. The first kappa shape index (κ1) is 16.8. The molecule has 5 rings (SSSR count). The van der Waals surface area contributed by atoms with Crippen molar-refractivity contribution in [3.8, 4) is 22.9 Å². The van der Waals surface area contributed by atoms with Gasteiger partial charge < -0.3 is 18.9 Å². The highest BCUT2D eigenvalue weighted by atomic mass is 16.7. The summed E-state index contributed by atoms with van der Waals surface area (Å²) in [6.07, 6.45) is 1.69. The first-order chi connectivity index (χ1) is 13.7. The van der Waals surface area contributed by atoms with Gasteiger partial charge in [0.15, 0.2) is 11.5 Å². The average molecular weight is 377 g/mol. The number of amides is 1. The van der Waals surface area contributed by atoms with Crippen LogP contribution in [0.1, 0.15) is 40.7 Å². The van der Waals surface area contributed by atoms with E-state index in [0.717, 1.165) is 18.4 Å². The van der Waals surface area contributed by atoms with E-state index < -0.39 is 0 Å². The summed E-state index contributed by atoms with van der Waals surface area (Å²) < 4.78 is 16.2. The van der Waals surface area contributed by atoms with Crippen molar-refractivity contribution in [1.29, 1.82) is 0 Å². The zero-order valence-corrected chi connectivity index (χ0v) is 15.4. The van der Waals surface area contributed by atoms with E-state index in [9.17, 15) is 4.79 Å². The SMILES string of the molecule is Cc1ccc(-c2noc(C3CCCN3C(=O)c3ccc4c(c3)OCO4)n2)cc1. The molecular weight excluding hydrogens is 358 g/mol. The summed E-state index contributed by atoms with van der Waals surface area (Å²) in [7, 11) is 0. The number of carbonyl (C=O) groups excluding carboxylic acids is 1. The Labute approximate surface area is 161 Å². The van der Waals surface area contributed by atoms with Gasteiger partial charge in [0, 0.05) is 17.7 Å². The lowest BCUT2D eigenvalue weighted by Crippen LogP contribution is -2.30. The van der Waals surface area contributed by atoms with E-state index in [1.165, 1.54) is 5.56 Å². The van der Waals surface area contributed by atoms with Gasteiger partial charge in [-0.1, -0.05) is 35.0 Å². The number of ether oxygens (including phenoxy) is 2. The van der Waals surface area contributed by atoms with Gasteiger partial charge in [-0.2, -0.15) is 4.98 Å². The minimum atomic E-state index is -0.218. The molecular formula is C21H19N3O4. The minimum Gasteiger partial charge on any atom is -0.454 e. The van der Waals surface area contributed by atoms with Crippen LogP contribution in [-0.4, -0.2) is 34.3 Å². The molecule has 1 atom stereocenters. The summed E-state index contributed by atoms with van der Waals surface area (Å²) in [5, 5.41) is 4.11. The summed E-state index contributed by atoms with van der Waals surface area (Å²) in [5.41, 5.74) is 2.63. The van der Waals surface area contributed by atoms with Crippen LogP contribution in [0, 0.1) is 6.92 Å². The molecule has 3 aromatic rings. The summed E-state index contributed by atoms with van der Waals surface area (Å²) in [5.74, 6) is 2.20. The van der Waals surface area contributed by atoms with Crippen LogP contribution in [-0.2, 0) is 0 Å². The van der Waals surface area contributed by atoms with Gasteiger partial charge in [-0.25, -0.2) is 0 Å². The third kappa shape index (κ3) is 2.89. The van der Waals surface area contributed by atoms with E-state index in [0.29, 0.717) is 35.3 Å². The molecule has 142 valence electrons. The zero-order valence-electron chi connectivity index (χ0n) is 15.4. The molecule has 2 aromatic carbocycles. The topological polar surface area (TPSA) is 77.7 Å². The van der Waals surface area contributed by atoms with E-state index in [-0.39, 0.29) is 18.7 Å². The highest BCUT2D eigenvalue weighted by molar-refractivity contribution is 5.95. The third-order valence-corrected chi connectivity index (χ3v) is 5.17. The number of rotatable bonds is 3. The Bertz CT molecular complexity index is 1030. The second-order valence-corrected chi connectivity index (χ2v) is 7.05. The molecule has 2 aliphatic rings. The Morgan fingerprint density at radius 1 is 1.11 bits per heavy atom. The average Bonchev–Trinajstić information content (AvgIpc) is 3.46. The van der Waals surface area contributed by atoms with Crippen LogP contribution in [0.2, 0.25) is 0 Å². The Morgan fingerprint density at radius 3 is 2.79 bits per heavy atom. The van der Waals surface area contributed by atoms with Gasteiger partial charge in [0.2, 0.25) is 18.5 Å². The normalized spacial score (nSPS) is 17.9. The molecule has 3 heterocycles. The van der Waals surface area contributed by atoms with Crippen molar-refractivity contribution in [1.82, 2.24) is 15.0 Å². The summed E-state index contributed by atoms with van der Waals surface area (Å²) in [6.45, 7) is 2.87. The molecule has 1 unspecified atom stereocenters. The number of carbonyl (C=O) groups is 1. The summed E-state index contributed by atoms with van der Waals surface area (Å²) in [6, 6.07) is 13.0. The maximum absolute atomic E-state index is 13.1. The molecule has 2 aliphatic heterocycles. The van der Waals surface area contributed by atoms with Gasteiger partial charge in [-0.3, -0.25) is 4.79 Å². The van der Waals surface area contributed by atoms with Crippen molar-refractivity contribution in [2.45, 2.75) is 25.8 Å². The number of aryl methyl sites for hydroxylation is 1. The van der Waals surface area contributed by atoms with Crippen molar-refractivity contribution < 1.29 is 18.8 Å². The summed E-state index contributed by atoms with van der Waals surface area (Å²) in [4.78, 5) is 19.4. The Balaban J connectivity index is 1.40. The number of hydrogen-bond acceptors (Lipinski definition) is 6. The first-order valence-electron chi connectivity index (χ1n) is 9.30. The molecule has 1 aromatic heterocycles. The van der Waals surface area contributed by atoms with Gasteiger partial charge in [-0.15, -0.1) is 0 Å². The number of aromatic nitrogens is 2. The van der Waals surface area contributed by atoms with E-state index in [1.807, 2.05) is 31.2 Å². The molecule has 1 fully saturated rings. The van der Waals surface area contributed by atoms with Gasteiger partial charge in [0.25, 0.3) is 5.91 Å². The fourth-order valence-electron chi connectivity index (χ4n) is 3.65. The molecule has 0 radical (unpaired) electrons.